The number of rotatable bonds is 5. The minimum absolute atomic E-state index is 0.0575. The van der Waals surface area contributed by atoms with Crippen molar-refractivity contribution < 1.29 is 9.53 Å². The van der Waals surface area contributed by atoms with E-state index in [0.29, 0.717) is 6.61 Å². The van der Waals surface area contributed by atoms with Crippen molar-refractivity contribution in [1.82, 2.24) is 15.2 Å². The molecule has 5 heteroatoms. The van der Waals surface area contributed by atoms with Gasteiger partial charge in [-0.15, -0.1) is 0 Å². The van der Waals surface area contributed by atoms with Crippen molar-refractivity contribution in [2.24, 2.45) is 0 Å². The van der Waals surface area contributed by atoms with E-state index in [1.165, 1.54) is 18.4 Å². The maximum atomic E-state index is 12.5. The zero-order chi connectivity index (χ0) is 17.5. The van der Waals surface area contributed by atoms with Gasteiger partial charge in [0.2, 0.25) is 0 Å². The number of aromatic nitrogens is 1. The predicted octanol–water partition coefficient (Wildman–Crippen LogP) is 3.66. The fraction of sp³-hybridized carbons (Fsp3) is 0.600. The summed E-state index contributed by atoms with van der Waals surface area (Å²) in [5, 5.41) is 3.16. The van der Waals surface area contributed by atoms with Crippen LogP contribution in [0.1, 0.15) is 51.1 Å². The van der Waals surface area contributed by atoms with Crippen molar-refractivity contribution in [1.29, 1.82) is 0 Å². The number of carbonyl (C=O) groups is 1. The molecule has 0 saturated carbocycles. The Balaban J connectivity index is 1.39. The normalized spacial score (nSPS) is 20.0. The Morgan fingerprint density at radius 3 is 2.88 bits per heavy atom. The molecule has 1 fully saturated rings. The number of pyridine rings is 1. The van der Waals surface area contributed by atoms with Crippen LogP contribution < -0.4 is 5.32 Å². The predicted molar refractivity (Wildman–Crippen MR) is 98.2 cm³/mol. The monoisotopic (exact) mass is 343 g/mol. The molecule has 2 amide bonds. The van der Waals surface area contributed by atoms with E-state index >= 15 is 0 Å². The molecule has 0 spiro atoms. The van der Waals surface area contributed by atoms with Gasteiger partial charge in [-0.3, -0.25) is 4.98 Å². The zero-order valence-corrected chi connectivity index (χ0v) is 15.1. The van der Waals surface area contributed by atoms with E-state index < -0.39 is 0 Å². The van der Waals surface area contributed by atoms with Crippen LogP contribution in [0, 0.1) is 0 Å². The van der Waals surface area contributed by atoms with Gasteiger partial charge in [-0.25, -0.2) is 4.79 Å². The summed E-state index contributed by atoms with van der Waals surface area (Å²) < 4.78 is 5.94. The van der Waals surface area contributed by atoms with E-state index in [4.69, 9.17) is 4.74 Å². The minimum Gasteiger partial charge on any atom is -0.372 e. The fourth-order valence-electron chi connectivity index (χ4n) is 3.54. The maximum Gasteiger partial charge on any atom is 0.317 e. The number of piperidine rings is 1. The molecule has 3 rings (SSSR count). The molecule has 0 aromatic carbocycles. The number of allylic oxidation sites excluding steroid dienone is 1. The summed E-state index contributed by atoms with van der Waals surface area (Å²) in [6, 6.07) is 6.06. The van der Waals surface area contributed by atoms with Crippen LogP contribution in [0.15, 0.2) is 36.0 Å². The molecule has 1 aromatic rings. The third kappa shape index (κ3) is 5.30. The van der Waals surface area contributed by atoms with Gasteiger partial charge >= 0.3 is 6.03 Å². The van der Waals surface area contributed by atoms with Gasteiger partial charge < -0.3 is 15.0 Å². The number of hydrogen-bond donors (Lipinski definition) is 1. The van der Waals surface area contributed by atoms with Gasteiger partial charge in [0.1, 0.15) is 0 Å². The first-order chi connectivity index (χ1) is 12.2. The van der Waals surface area contributed by atoms with E-state index in [2.05, 4.69) is 23.3 Å². The topological polar surface area (TPSA) is 54.5 Å². The lowest BCUT2D eigenvalue weighted by Crippen LogP contribution is -2.48. The Hall–Kier alpha value is -1.88. The van der Waals surface area contributed by atoms with Crippen molar-refractivity contribution in [2.75, 3.05) is 13.1 Å². The number of urea groups is 1. The van der Waals surface area contributed by atoms with Crippen molar-refractivity contribution >= 4 is 6.03 Å². The Kier molecular flexibility index (Phi) is 6.45. The van der Waals surface area contributed by atoms with Gasteiger partial charge in [-0.05, 0) is 57.6 Å². The molecule has 136 valence electrons. The number of carbonyl (C=O) groups excluding carboxylic acids is 1. The molecule has 0 bridgehead atoms. The average molecular weight is 343 g/mol. The van der Waals surface area contributed by atoms with E-state index in [0.717, 1.165) is 44.5 Å². The number of nitrogens with one attached hydrogen (secondary N) is 1. The highest BCUT2D eigenvalue weighted by Gasteiger charge is 2.24. The van der Waals surface area contributed by atoms with Crippen LogP contribution in [0.5, 0.6) is 0 Å². The molecule has 1 atom stereocenters. The summed E-state index contributed by atoms with van der Waals surface area (Å²) in [4.78, 5) is 18.7. The van der Waals surface area contributed by atoms with Crippen LogP contribution in [0.25, 0.3) is 0 Å². The molecule has 5 nitrogen and oxygen atoms in total. The summed E-state index contributed by atoms with van der Waals surface area (Å²) >= 11 is 0. The first kappa shape index (κ1) is 17.9. The molecular formula is C20H29N3O2. The van der Waals surface area contributed by atoms with Crippen LogP contribution in [0.3, 0.4) is 0 Å². The van der Waals surface area contributed by atoms with Crippen LogP contribution in [-0.2, 0) is 11.3 Å². The van der Waals surface area contributed by atoms with Crippen LogP contribution >= 0.6 is 0 Å². The SMILES string of the molecule is C[C@H](NC(=O)N1CCC(OCc2ccccn2)CC1)C1=CCCCC1. The molecule has 25 heavy (non-hydrogen) atoms. The number of amides is 2. The second-order valence-corrected chi connectivity index (χ2v) is 7.01. The summed E-state index contributed by atoms with van der Waals surface area (Å²) in [6.07, 6.45) is 10.8. The van der Waals surface area contributed by atoms with Gasteiger partial charge in [0.15, 0.2) is 0 Å². The Morgan fingerprint density at radius 2 is 2.20 bits per heavy atom. The Labute approximate surface area is 150 Å². The molecule has 0 unspecified atom stereocenters. The molecule has 2 aliphatic rings. The van der Waals surface area contributed by atoms with Crippen molar-refractivity contribution in [2.45, 2.75) is 64.2 Å². The largest absolute Gasteiger partial charge is 0.372 e. The lowest BCUT2D eigenvalue weighted by atomic mass is 9.95. The standard InChI is InChI=1S/C20H29N3O2/c1-16(17-7-3-2-4-8-17)22-20(24)23-13-10-19(11-14-23)25-15-18-9-5-6-12-21-18/h5-7,9,12,16,19H,2-4,8,10-11,13-15H2,1H3,(H,22,24)/t16-/m0/s1. The van der Waals surface area contributed by atoms with Crippen molar-refractivity contribution in [3.05, 3.63) is 41.7 Å². The van der Waals surface area contributed by atoms with E-state index in [-0.39, 0.29) is 18.2 Å². The zero-order valence-electron chi connectivity index (χ0n) is 15.1. The minimum atomic E-state index is 0.0575. The van der Waals surface area contributed by atoms with Crippen LogP contribution in [0.2, 0.25) is 0 Å². The molecule has 1 aliphatic carbocycles. The second-order valence-electron chi connectivity index (χ2n) is 7.01. The molecule has 2 heterocycles. The average Bonchev–Trinajstić information content (AvgIpc) is 2.68. The van der Waals surface area contributed by atoms with E-state index in [9.17, 15) is 4.79 Å². The van der Waals surface area contributed by atoms with Gasteiger partial charge in [-0.1, -0.05) is 17.7 Å². The molecular weight excluding hydrogens is 314 g/mol. The Bertz CT molecular complexity index is 580. The summed E-state index contributed by atoms with van der Waals surface area (Å²) in [5.41, 5.74) is 2.34. The van der Waals surface area contributed by atoms with Crippen molar-refractivity contribution in [3.8, 4) is 0 Å². The van der Waals surface area contributed by atoms with Gasteiger partial charge in [0.05, 0.1) is 18.4 Å². The third-order valence-corrected chi connectivity index (χ3v) is 5.14. The van der Waals surface area contributed by atoms with E-state index in [1.54, 1.807) is 6.20 Å². The van der Waals surface area contributed by atoms with Gasteiger partial charge in [-0.2, -0.15) is 0 Å². The van der Waals surface area contributed by atoms with Gasteiger partial charge in [0.25, 0.3) is 0 Å². The molecule has 1 aliphatic heterocycles. The lowest BCUT2D eigenvalue weighted by molar-refractivity contribution is 0.00299. The van der Waals surface area contributed by atoms with E-state index in [1.807, 2.05) is 23.1 Å². The smallest absolute Gasteiger partial charge is 0.317 e. The first-order valence-electron chi connectivity index (χ1n) is 9.48. The van der Waals surface area contributed by atoms with Gasteiger partial charge in [0, 0.05) is 25.3 Å². The third-order valence-electron chi connectivity index (χ3n) is 5.14. The number of ether oxygens (including phenoxy) is 1. The van der Waals surface area contributed by atoms with Crippen molar-refractivity contribution in [3.63, 3.8) is 0 Å². The van der Waals surface area contributed by atoms with Crippen LogP contribution in [-0.4, -0.2) is 41.2 Å². The quantitative estimate of drug-likeness (QED) is 0.830. The summed E-state index contributed by atoms with van der Waals surface area (Å²) in [6.45, 7) is 4.15. The highest BCUT2D eigenvalue weighted by molar-refractivity contribution is 5.75. The second kappa shape index (κ2) is 8.99. The fourth-order valence-corrected chi connectivity index (χ4v) is 3.54. The molecule has 1 N–H and O–H groups in total. The highest BCUT2D eigenvalue weighted by Crippen LogP contribution is 2.21. The highest BCUT2D eigenvalue weighted by atomic mass is 16.5. The molecule has 1 saturated heterocycles. The first-order valence-corrected chi connectivity index (χ1v) is 9.48. The van der Waals surface area contributed by atoms with Crippen LogP contribution in [0.4, 0.5) is 4.79 Å². The molecule has 1 aromatic heterocycles. The summed E-state index contributed by atoms with van der Waals surface area (Å²) in [7, 11) is 0. The number of likely N-dealkylation sites (tertiary alicyclic amines) is 1. The summed E-state index contributed by atoms with van der Waals surface area (Å²) in [5.74, 6) is 0. The molecule has 0 radical (unpaired) electrons. The number of nitrogens with zero attached hydrogens (tertiary/aromatic N) is 2. The lowest BCUT2D eigenvalue weighted by Gasteiger charge is -2.33. The number of hydrogen-bond acceptors (Lipinski definition) is 3. The maximum absolute atomic E-state index is 12.5. The Morgan fingerprint density at radius 1 is 1.36 bits per heavy atom.